The predicted molar refractivity (Wildman–Crippen MR) is 63.8 cm³/mol. The average Bonchev–Trinajstić information content (AvgIpc) is 2.69. The normalized spacial score (nSPS) is 12.3. The molecule has 0 aliphatic carbocycles. The molecule has 0 atom stereocenters. The van der Waals surface area contributed by atoms with Crippen LogP contribution in [0.5, 0.6) is 0 Å². The highest BCUT2D eigenvalue weighted by Crippen LogP contribution is 2.27. The van der Waals surface area contributed by atoms with Crippen LogP contribution in [0.4, 0.5) is 4.39 Å². The van der Waals surface area contributed by atoms with Gasteiger partial charge in [0.1, 0.15) is 0 Å². The van der Waals surface area contributed by atoms with Crippen LogP contribution in [0.25, 0.3) is 10.1 Å². The number of halogens is 1. The third-order valence-electron chi connectivity index (χ3n) is 2.40. The zero-order valence-electron chi connectivity index (χ0n) is 8.24. The molecule has 78 valence electrons. The fourth-order valence-electron chi connectivity index (χ4n) is 1.57. The largest absolute Gasteiger partial charge is 0.327 e. The lowest BCUT2D eigenvalue weighted by Crippen LogP contribution is -2.04. The summed E-state index contributed by atoms with van der Waals surface area (Å²) in [5, 5.41) is 3.28. The van der Waals surface area contributed by atoms with Gasteiger partial charge in [0.2, 0.25) is 0 Å². The molecule has 0 saturated heterocycles. The van der Waals surface area contributed by atoms with Crippen molar-refractivity contribution >= 4 is 21.4 Å². The standard InChI is InChI=1S/C12H12FNS/c13-6-9(7-14)5-10-8-15-12-4-2-1-3-11(10)12/h1-4,6,8H,5,7,14H2/b9-6-. The first-order valence-corrected chi connectivity index (χ1v) is 5.66. The highest BCUT2D eigenvalue weighted by atomic mass is 32.1. The van der Waals surface area contributed by atoms with E-state index >= 15 is 0 Å². The van der Waals surface area contributed by atoms with Crippen molar-refractivity contribution in [2.24, 2.45) is 5.73 Å². The van der Waals surface area contributed by atoms with Crippen molar-refractivity contribution < 1.29 is 4.39 Å². The summed E-state index contributed by atoms with van der Waals surface area (Å²) in [7, 11) is 0. The van der Waals surface area contributed by atoms with Gasteiger partial charge in [-0.25, -0.2) is 4.39 Å². The lowest BCUT2D eigenvalue weighted by atomic mass is 10.1. The lowest BCUT2D eigenvalue weighted by molar-refractivity contribution is 0.700. The molecule has 2 rings (SSSR count). The quantitative estimate of drug-likeness (QED) is 0.845. The Morgan fingerprint density at radius 1 is 1.40 bits per heavy atom. The highest BCUT2D eigenvalue weighted by Gasteiger charge is 2.05. The SMILES string of the molecule is NC/C(=C\F)Cc1csc2ccccc12. The van der Waals surface area contributed by atoms with E-state index in [1.807, 2.05) is 12.1 Å². The predicted octanol–water partition coefficient (Wildman–Crippen LogP) is 3.26. The molecule has 2 aromatic rings. The second-order valence-electron chi connectivity index (χ2n) is 3.41. The molecule has 0 aliphatic rings. The Morgan fingerprint density at radius 2 is 2.20 bits per heavy atom. The number of thiophene rings is 1. The Morgan fingerprint density at radius 3 is 2.93 bits per heavy atom. The molecular weight excluding hydrogens is 209 g/mol. The van der Waals surface area contributed by atoms with E-state index in [0.717, 1.165) is 5.56 Å². The van der Waals surface area contributed by atoms with Crippen molar-refractivity contribution in [3.05, 3.63) is 47.1 Å². The second kappa shape index (κ2) is 4.55. The van der Waals surface area contributed by atoms with Crippen LogP contribution in [0, 0.1) is 0 Å². The van der Waals surface area contributed by atoms with E-state index in [0.29, 0.717) is 18.3 Å². The van der Waals surface area contributed by atoms with E-state index in [1.165, 1.54) is 10.1 Å². The van der Waals surface area contributed by atoms with Crippen molar-refractivity contribution in [2.45, 2.75) is 6.42 Å². The molecule has 0 unspecified atom stereocenters. The molecule has 0 fully saturated rings. The molecule has 0 amide bonds. The number of nitrogens with two attached hydrogens (primary N) is 1. The van der Waals surface area contributed by atoms with E-state index in [2.05, 4.69) is 17.5 Å². The van der Waals surface area contributed by atoms with Gasteiger partial charge in [-0.3, -0.25) is 0 Å². The monoisotopic (exact) mass is 221 g/mol. The van der Waals surface area contributed by atoms with Gasteiger partial charge in [0.25, 0.3) is 0 Å². The first-order valence-electron chi connectivity index (χ1n) is 4.78. The van der Waals surface area contributed by atoms with Crippen molar-refractivity contribution in [2.75, 3.05) is 6.54 Å². The third-order valence-corrected chi connectivity index (χ3v) is 3.41. The molecular formula is C12H12FNS. The van der Waals surface area contributed by atoms with Crippen LogP contribution in [0.1, 0.15) is 5.56 Å². The van der Waals surface area contributed by atoms with Gasteiger partial charge >= 0.3 is 0 Å². The maximum Gasteiger partial charge on any atom is 0.0875 e. The van der Waals surface area contributed by atoms with Gasteiger partial charge in [-0.2, -0.15) is 0 Å². The van der Waals surface area contributed by atoms with E-state index < -0.39 is 0 Å². The summed E-state index contributed by atoms with van der Waals surface area (Å²) in [5.41, 5.74) is 7.23. The summed E-state index contributed by atoms with van der Waals surface area (Å²) in [6, 6.07) is 8.15. The fourth-order valence-corrected chi connectivity index (χ4v) is 2.53. The number of benzene rings is 1. The summed E-state index contributed by atoms with van der Waals surface area (Å²) in [6.45, 7) is 0.278. The van der Waals surface area contributed by atoms with Crippen LogP contribution in [-0.2, 0) is 6.42 Å². The number of fused-ring (bicyclic) bond motifs is 1. The molecule has 1 aromatic heterocycles. The van der Waals surface area contributed by atoms with Gasteiger partial charge in [0.15, 0.2) is 0 Å². The van der Waals surface area contributed by atoms with Crippen LogP contribution in [0.3, 0.4) is 0 Å². The molecule has 15 heavy (non-hydrogen) atoms. The zero-order valence-corrected chi connectivity index (χ0v) is 9.06. The molecule has 2 N–H and O–H groups in total. The minimum Gasteiger partial charge on any atom is -0.327 e. The van der Waals surface area contributed by atoms with Crippen LogP contribution in [-0.4, -0.2) is 6.54 Å². The van der Waals surface area contributed by atoms with Crippen molar-refractivity contribution in [3.8, 4) is 0 Å². The average molecular weight is 221 g/mol. The van der Waals surface area contributed by atoms with Crippen LogP contribution >= 0.6 is 11.3 Å². The number of rotatable bonds is 3. The van der Waals surface area contributed by atoms with Crippen LogP contribution in [0.15, 0.2) is 41.5 Å². The molecule has 0 aliphatic heterocycles. The fraction of sp³-hybridized carbons (Fsp3) is 0.167. The molecule has 1 heterocycles. The molecule has 0 saturated carbocycles. The van der Waals surface area contributed by atoms with E-state index in [4.69, 9.17) is 5.73 Å². The Hall–Kier alpha value is -1.19. The molecule has 1 nitrogen and oxygen atoms in total. The Labute approximate surface area is 92.0 Å². The topological polar surface area (TPSA) is 26.0 Å². The molecule has 0 radical (unpaired) electrons. The molecule has 0 spiro atoms. The maximum atomic E-state index is 12.4. The zero-order chi connectivity index (χ0) is 10.7. The Balaban J connectivity index is 2.36. The van der Waals surface area contributed by atoms with Gasteiger partial charge in [0, 0.05) is 11.2 Å². The molecule has 0 bridgehead atoms. The lowest BCUT2D eigenvalue weighted by Gasteiger charge is -2.01. The van der Waals surface area contributed by atoms with Gasteiger partial charge in [-0.1, -0.05) is 18.2 Å². The van der Waals surface area contributed by atoms with Crippen LogP contribution in [0.2, 0.25) is 0 Å². The Bertz CT molecular complexity index is 487. The van der Waals surface area contributed by atoms with Crippen molar-refractivity contribution in [1.29, 1.82) is 0 Å². The van der Waals surface area contributed by atoms with Gasteiger partial charge in [-0.05, 0) is 34.4 Å². The van der Waals surface area contributed by atoms with E-state index in [9.17, 15) is 4.39 Å². The number of hydrogen-bond acceptors (Lipinski definition) is 2. The summed E-state index contributed by atoms with van der Waals surface area (Å²) < 4.78 is 13.6. The second-order valence-corrected chi connectivity index (χ2v) is 4.32. The van der Waals surface area contributed by atoms with Crippen LogP contribution < -0.4 is 5.73 Å². The van der Waals surface area contributed by atoms with Crippen molar-refractivity contribution in [3.63, 3.8) is 0 Å². The molecule has 1 aromatic carbocycles. The molecule has 3 heteroatoms. The first kappa shape index (κ1) is 10.3. The Kier molecular flexibility index (Phi) is 3.14. The summed E-state index contributed by atoms with van der Waals surface area (Å²) in [4.78, 5) is 0. The summed E-state index contributed by atoms with van der Waals surface area (Å²) >= 11 is 1.69. The summed E-state index contributed by atoms with van der Waals surface area (Å²) in [6.07, 6.45) is 1.23. The van der Waals surface area contributed by atoms with E-state index in [-0.39, 0.29) is 6.54 Å². The van der Waals surface area contributed by atoms with E-state index in [1.54, 1.807) is 11.3 Å². The first-order chi connectivity index (χ1) is 7.35. The minimum atomic E-state index is 0.278. The summed E-state index contributed by atoms with van der Waals surface area (Å²) in [5.74, 6) is 0. The van der Waals surface area contributed by atoms with Gasteiger partial charge < -0.3 is 5.73 Å². The number of hydrogen-bond donors (Lipinski definition) is 1. The highest BCUT2D eigenvalue weighted by molar-refractivity contribution is 7.17. The maximum absolute atomic E-state index is 12.4. The minimum absolute atomic E-state index is 0.278. The van der Waals surface area contributed by atoms with Crippen molar-refractivity contribution in [1.82, 2.24) is 0 Å². The van der Waals surface area contributed by atoms with Gasteiger partial charge in [-0.15, -0.1) is 11.3 Å². The smallest absolute Gasteiger partial charge is 0.0875 e. The third kappa shape index (κ3) is 2.08. The van der Waals surface area contributed by atoms with Gasteiger partial charge in [0.05, 0.1) is 6.33 Å².